The molecule has 3 aromatic rings. The van der Waals surface area contributed by atoms with Crippen molar-refractivity contribution in [2.45, 2.75) is 37.4 Å². The zero-order valence-electron chi connectivity index (χ0n) is 20.8. The van der Waals surface area contributed by atoms with Crippen LogP contribution in [0.2, 0.25) is 0 Å². The molecular weight excluding hydrogens is 490 g/mol. The fourth-order valence-corrected chi connectivity index (χ4v) is 3.81. The van der Waals surface area contributed by atoms with E-state index in [1.807, 2.05) is 0 Å². The number of hydrogen-bond acceptors (Lipinski definition) is 8. The number of amides is 2. The molecule has 0 saturated carbocycles. The van der Waals surface area contributed by atoms with Gasteiger partial charge in [0.25, 0.3) is 0 Å². The molecule has 3 atom stereocenters. The number of carbonyl (C=O) groups is 3. The summed E-state index contributed by atoms with van der Waals surface area (Å²) in [5.41, 5.74) is 8.16. The average Bonchev–Trinajstić information content (AvgIpc) is 2.91. The van der Waals surface area contributed by atoms with Gasteiger partial charge in [-0.2, -0.15) is 0 Å². The first-order valence-corrected chi connectivity index (χ1v) is 11.9. The lowest BCUT2D eigenvalue weighted by Crippen LogP contribution is -2.56. The van der Waals surface area contributed by atoms with Crippen molar-refractivity contribution in [3.63, 3.8) is 0 Å². The fraction of sp³-hybridized carbons (Fsp3) is 0.250. The van der Waals surface area contributed by atoms with Crippen molar-refractivity contribution in [1.29, 1.82) is 0 Å². The molecule has 2 amide bonds. The number of phenolic OH excluding ortho intramolecular Hbond substituents is 3. The molecule has 200 valence electrons. The Morgan fingerprint density at radius 1 is 0.658 bits per heavy atom. The molecule has 10 heteroatoms. The summed E-state index contributed by atoms with van der Waals surface area (Å²) in [5, 5.41) is 33.9. The van der Waals surface area contributed by atoms with Crippen molar-refractivity contribution >= 4 is 17.8 Å². The first kappa shape index (κ1) is 28.0. The van der Waals surface area contributed by atoms with Gasteiger partial charge in [-0.15, -0.1) is 0 Å². The van der Waals surface area contributed by atoms with E-state index in [9.17, 15) is 29.7 Å². The number of nitrogens with two attached hydrogens (primary N) is 1. The Bertz CT molecular complexity index is 1230. The van der Waals surface area contributed by atoms with Crippen LogP contribution in [0.1, 0.15) is 16.7 Å². The van der Waals surface area contributed by atoms with Gasteiger partial charge in [0.15, 0.2) is 0 Å². The Balaban J connectivity index is 1.76. The minimum absolute atomic E-state index is 0.0503. The van der Waals surface area contributed by atoms with Crippen LogP contribution in [-0.4, -0.2) is 58.3 Å². The van der Waals surface area contributed by atoms with Gasteiger partial charge in [0.1, 0.15) is 29.3 Å². The van der Waals surface area contributed by atoms with E-state index in [-0.39, 0.29) is 36.5 Å². The molecule has 0 radical (unpaired) electrons. The van der Waals surface area contributed by atoms with Gasteiger partial charge in [0.05, 0.1) is 13.2 Å². The molecule has 0 unspecified atom stereocenters. The Morgan fingerprint density at radius 2 is 1.03 bits per heavy atom. The number of nitrogens with one attached hydrogen (secondary N) is 2. The van der Waals surface area contributed by atoms with Gasteiger partial charge < -0.3 is 36.4 Å². The molecule has 0 aliphatic rings. The maximum absolute atomic E-state index is 13.4. The number of methoxy groups -OCH3 is 1. The van der Waals surface area contributed by atoms with Crippen molar-refractivity contribution in [3.05, 3.63) is 89.5 Å². The minimum atomic E-state index is -1.09. The smallest absolute Gasteiger partial charge is 0.328 e. The molecule has 0 aliphatic heterocycles. The van der Waals surface area contributed by atoms with Crippen molar-refractivity contribution in [2.24, 2.45) is 5.73 Å². The molecule has 0 spiro atoms. The molecule has 0 saturated heterocycles. The van der Waals surface area contributed by atoms with E-state index in [1.165, 1.54) is 43.5 Å². The van der Waals surface area contributed by atoms with Gasteiger partial charge in [-0.1, -0.05) is 36.4 Å². The number of rotatable bonds is 11. The second kappa shape index (κ2) is 13.1. The normalized spacial score (nSPS) is 13.1. The molecule has 10 nitrogen and oxygen atoms in total. The van der Waals surface area contributed by atoms with E-state index >= 15 is 0 Å². The standard InChI is InChI=1S/C28H31N3O7/c1-38-28(37)25(16-19-6-12-22(34)13-7-19)31-27(36)24(15-18-4-10-21(33)11-5-18)30-26(35)23(29)14-17-2-8-20(32)9-3-17/h2-13,23-25,32-34H,14-16,29H2,1H3,(H,30,35)(H,31,36)/t23-,24-,25-/m0/s1. The van der Waals surface area contributed by atoms with Gasteiger partial charge in [0, 0.05) is 12.8 Å². The highest BCUT2D eigenvalue weighted by molar-refractivity contribution is 5.92. The van der Waals surface area contributed by atoms with Crippen LogP contribution in [-0.2, 0) is 38.4 Å². The summed E-state index contributed by atoms with van der Waals surface area (Å²) in [4.78, 5) is 38.8. The largest absolute Gasteiger partial charge is 0.508 e. The van der Waals surface area contributed by atoms with Gasteiger partial charge in [0.2, 0.25) is 11.8 Å². The van der Waals surface area contributed by atoms with E-state index in [1.54, 1.807) is 36.4 Å². The van der Waals surface area contributed by atoms with E-state index < -0.39 is 35.9 Å². The molecule has 7 N–H and O–H groups in total. The lowest BCUT2D eigenvalue weighted by Gasteiger charge is -2.24. The number of esters is 1. The maximum Gasteiger partial charge on any atom is 0.328 e. The number of ether oxygens (including phenoxy) is 1. The summed E-state index contributed by atoms with van der Waals surface area (Å²) in [5.74, 6) is -1.68. The zero-order valence-corrected chi connectivity index (χ0v) is 20.8. The van der Waals surface area contributed by atoms with Gasteiger partial charge in [-0.3, -0.25) is 9.59 Å². The number of phenols is 3. The fourth-order valence-electron chi connectivity index (χ4n) is 3.81. The molecule has 0 heterocycles. The van der Waals surface area contributed by atoms with E-state index in [4.69, 9.17) is 10.5 Å². The second-order valence-electron chi connectivity index (χ2n) is 8.86. The minimum Gasteiger partial charge on any atom is -0.508 e. The topological polar surface area (TPSA) is 171 Å². The van der Waals surface area contributed by atoms with Crippen molar-refractivity contribution in [3.8, 4) is 17.2 Å². The Morgan fingerprint density at radius 3 is 1.45 bits per heavy atom. The van der Waals surface area contributed by atoms with Crippen LogP contribution in [0, 0.1) is 0 Å². The monoisotopic (exact) mass is 521 g/mol. The van der Waals surface area contributed by atoms with Crippen LogP contribution in [0.15, 0.2) is 72.8 Å². The molecule has 0 fully saturated rings. The van der Waals surface area contributed by atoms with Crippen LogP contribution in [0.5, 0.6) is 17.2 Å². The second-order valence-corrected chi connectivity index (χ2v) is 8.86. The molecule has 0 aliphatic carbocycles. The number of carbonyl (C=O) groups excluding carboxylic acids is 3. The highest BCUT2D eigenvalue weighted by Crippen LogP contribution is 2.15. The SMILES string of the molecule is COC(=O)[C@H](Cc1ccc(O)cc1)NC(=O)[C@H](Cc1ccc(O)cc1)NC(=O)[C@@H](N)Cc1ccc(O)cc1. The highest BCUT2D eigenvalue weighted by atomic mass is 16.5. The number of hydrogen-bond donors (Lipinski definition) is 6. The first-order valence-electron chi connectivity index (χ1n) is 11.9. The molecule has 3 aromatic carbocycles. The average molecular weight is 522 g/mol. The van der Waals surface area contributed by atoms with E-state index in [2.05, 4.69) is 10.6 Å². The third-order valence-electron chi connectivity index (χ3n) is 5.92. The zero-order chi connectivity index (χ0) is 27.7. The summed E-state index contributed by atoms with van der Waals surface area (Å²) >= 11 is 0. The predicted molar refractivity (Wildman–Crippen MR) is 139 cm³/mol. The summed E-state index contributed by atoms with van der Waals surface area (Å²) < 4.78 is 4.86. The van der Waals surface area contributed by atoms with Crippen molar-refractivity contribution < 1.29 is 34.4 Å². The maximum atomic E-state index is 13.4. The highest BCUT2D eigenvalue weighted by Gasteiger charge is 2.29. The van der Waals surface area contributed by atoms with Gasteiger partial charge in [-0.05, 0) is 59.5 Å². The molecule has 0 aromatic heterocycles. The van der Waals surface area contributed by atoms with E-state index in [0.29, 0.717) is 11.1 Å². The molecule has 38 heavy (non-hydrogen) atoms. The first-order chi connectivity index (χ1) is 18.1. The summed E-state index contributed by atoms with van der Waals surface area (Å²) in [6.07, 6.45) is 0.334. The molecule has 0 bridgehead atoms. The van der Waals surface area contributed by atoms with Crippen molar-refractivity contribution in [2.75, 3.05) is 7.11 Å². The van der Waals surface area contributed by atoms with Crippen molar-refractivity contribution in [1.82, 2.24) is 10.6 Å². The summed E-state index contributed by atoms with van der Waals surface area (Å²) in [7, 11) is 1.20. The van der Waals surface area contributed by atoms with E-state index in [0.717, 1.165) is 5.56 Å². The number of aromatic hydroxyl groups is 3. The lowest BCUT2D eigenvalue weighted by atomic mass is 10.0. The predicted octanol–water partition coefficient (Wildman–Crippen LogP) is 1.30. The molecular formula is C28H31N3O7. The Hall–Kier alpha value is -4.57. The third-order valence-corrected chi connectivity index (χ3v) is 5.92. The van der Waals surface area contributed by atoms with Crippen LogP contribution >= 0.6 is 0 Å². The van der Waals surface area contributed by atoms with Crippen LogP contribution in [0.3, 0.4) is 0 Å². The Labute approximate surface area is 220 Å². The van der Waals surface area contributed by atoms with Crippen LogP contribution < -0.4 is 16.4 Å². The quantitative estimate of drug-likeness (QED) is 0.205. The molecule has 3 rings (SSSR count). The number of benzene rings is 3. The lowest BCUT2D eigenvalue weighted by molar-refractivity contribution is -0.145. The summed E-state index contributed by atoms with van der Waals surface area (Å²) in [6.45, 7) is 0. The van der Waals surface area contributed by atoms with Crippen LogP contribution in [0.25, 0.3) is 0 Å². The Kier molecular flexibility index (Phi) is 9.66. The van der Waals surface area contributed by atoms with Crippen LogP contribution in [0.4, 0.5) is 0 Å². The summed E-state index contributed by atoms with van der Waals surface area (Å²) in [6, 6.07) is 15.5. The van der Waals surface area contributed by atoms with Gasteiger partial charge >= 0.3 is 5.97 Å². The third kappa shape index (κ3) is 8.24. The van der Waals surface area contributed by atoms with Gasteiger partial charge in [-0.25, -0.2) is 4.79 Å².